The van der Waals surface area contributed by atoms with E-state index in [2.05, 4.69) is 78.7 Å². The summed E-state index contributed by atoms with van der Waals surface area (Å²) in [5.41, 5.74) is -0.371. The van der Waals surface area contributed by atoms with Gasteiger partial charge in [-0.25, -0.2) is 23.6 Å². The molecule has 0 aliphatic heterocycles. The fourth-order valence-corrected chi connectivity index (χ4v) is 7.51. The molecule has 3 heterocycles. The van der Waals surface area contributed by atoms with Crippen molar-refractivity contribution in [3.63, 3.8) is 0 Å². The molecule has 5 atom stereocenters. The predicted molar refractivity (Wildman–Crippen MR) is 285 cm³/mol. The minimum Gasteiger partial charge on any atom is -0.469 e. The zero-order chi connectivity index (χ0) is 57.0. The summed E-state index contributed by atoms with van der Waals surface area (Å²) < 4.78 is 36.5. The van der Waals surface area contributed by atoms with Crippen LogP contribution in [0.4, 0.5) is 0 Å². The van der Waals surface area contributed by atoms with Crippen molar-refractivity contribution in [2.45, 2.75) is 144 Å². The van der Waals surface area contributed by atoms with Gasteiger partial charge >= 0.3 is 35.8 Å². The van der Waals surface area contributed by atoms with Crippen molar-refractivity contribution < 1.29 is 62.0 Å². The van der Waals surface area contributed by atoms with Crippen molar-refractivity contribution in [2.75, 3.05) is 38.1 Å². The van der Waals surface area contributed by atoms with Crippen LogP contribution in [0.2, 0.25) is 0 Å². The number of alkyl halides is 2. The van der Waals surface area contributed by atoms with Crippen LogP contribution in [-0.2, 0) is 81.6 Å². The van der Waals surface area contributed by atoms with Gasteiger partial charge in [0.2, 0.25) is 4.69 Å². The van der Waals surface area contributed by atoms with Crippen LogP contribution in [-0.4, -0.2) is 140 Å². The highest BCUT2D eigenvalue weighted by molar-refractivity contribution is 9.19. The Kier molecular flexibility index (Phi) is 26.0. The highest BCUT2D eigenvalue weighted by Crippen LogP contribution is 2.34. The average molecular weight is 1260 g/mol. The van der Waals surface area contributed by atoms with Crippen molar-refractivity contribution in [1.82, 2.24) is 49.9 Å². The Hall–Kier alpha value is -5.47. The van der Waals surface area contributed by atoms with Gasteiger partial charge in [-0.1, -0.05) is 91.7 Å². The van der Waals surface area contributed by atoms with Crippen LogP contribution in [0.25, 0.3) is 0 Å². The number of hydrogen-bond donors (Lipinski definition) is 0. The number of aromatic nitrogens is 9. The normalized spacial score (nSPS) is 13.7. The fourth-order valence-electron chi connectivity index (χ4n) is 7.35. The Morgan fingerprint density at radius 3 is 1.41 bits per heavy atom. The lowest BCUT2D eigenvalue weighted by atomic mass is 9.83. The van der Waals surface area contributed by atoms with E-state index in [1.807, 2.05) is 35.2 Å². The Labute approximate surface area is 468 Å². The second-order valence-corrected chi connectivity index (χ2v) is 22.5. The lowest BCUT2D eigenvalue weighted by Crippen LogP contribution is -2.32. The van der Waals surface area contributed by atoms with E-state index in [-0.39, 0.29) is 62.1 Å². The second kappa shape index (κ2) is 30.5. The highest BCUT2D eigenvalue weighted by Gasteiger charge is 2.36. The number of benzene rings is 1. The van der Waals surface area contributed by atoms with Crippen LogP contribution < -0.4 is 0 Å². The fraction of sp³-hybridized carbons (Fsp3) is 0.620. The van der Waals surface area contributed by atoms with Gasteiger partial charge in [0.05, 0.1) is 91.7 Å². The summed E-state index contributed by atoms with van der Waals surface area (Å²) in [4.78, 5) is 88.8. The van der Waals surface area contributed by atoms with Gasteiger partial charge in [-0.2, -0.15) is 0 Å². The van der Waals surface area contributed by atoms with Crippen LogP contribution in [0.15, 0.2) is 48.9 Å². The van der Waals surface area contributed by atoms with Crippen LogP contribution in [0, 0.1) is 17.3 Å². The molecule has 0 aliphatic carbocycles. The van der Waals surface area contributed by atoms with Crippen LogP contribution >= 0.6 is 47.8 Å². The number of halogens is 3. The molecule has 0 fully saturated rings. The maximum absolute atomic E-state index is 13.6. The molecule has 23 nitrogen and oxygen atoms in total. The molecule has 0 N–H and O–H groups in total. The van der Waals surface area contributed by atoms with E-state index in [9.17, 15) is 33.6 Å². The molecule has 0 radical (unpaired) electrons. The molecule has 0 bridgehead atoms. The molecule has 0 saturated heterocycles. The predicted octanol–water partition coefficient (Wildman–Crippen LogP) is 7.01. The quantitative estimate of drug-likeness (QED) is 0.0191. The van der Waals surface area contributed by atoms with Gasteiger partial charge in [-0.05, 0) is 96.1 Å². The first-order valence-electron chi connectivity index (χ1n) is 24.3. The standard InChI is InChI=1S/C48H69BrN10O12.C2H2Br2O/c1-31(41(61)66-11)21-37(43(63)70-46(3,4)5)57-28-34(50-53-57)25-56(26-35-29-58(54-51-35)38(22-32(2)42(62)67-12)44(64)71-47(6,7)8)27-36-30-59(55-52-36)39(33-17-14-13-15-18-33)23-48(9,10)45(65)69-20-16-19-68-40(60)24-49;3-1-2(4)5/h13-15,17-18,28-32,37-39H,16,19-27H2,1-12H3;1H2. The van der Waals surface area contributed by atoms with E-state index in [1.165, 1.54) is 23.6 Å². The van der Waals surface area contributed by atoms with Crippen LogP contribution in [0.1, 0.15) is 136 Å². The Morgan fingerprint density at radius 1 is 0.605 bits per heavy atom. The second-order valence-electron chi connectivity index (χ2n) is 20.5. The van der Waals surface area contributed by atoms with Gasteiger partial charge in [0, 0.05) is 26.1 Å². The summed E-state index contributed by atoms with van der Waals surface area (Å²) in [7, 11) is 2.55. The first-order chi connectivity index (χ1) is 35.6. The third kappa shape index (κ3) is 22.2. The van der Waals surface area contributed by atoms with Gasteiger partial charge in [0.25, 0.3) is 0 Å². The molecule has 1 aromatic carbocycles. The summed E-state index contributed by atoms with van der Waals surface area (Å²) >= 11 is 8.66. The van der Waals surface area contributed by atoms with Gasteiger partial charge in [0.15, 0.2) is 12.1 Å². The minimum absolute atomic E-state index is 0.0162. The van der Waals surface area contributed by atoms with Crippen molar-refractivity contribution >= 4 is 88.3 Å². The van der Waals surface area contributed by atoms with Crippen molar-refractivity contribution in [3.8, 4) is 0 Å². The molecule has 420 valence electrons. The molecule has 26 heteroatoms. The summed E-state index contributed by atoms with van der Waals surface area (Å²) in [6.45, 7) is 17.9. The Bertz CT molecular complexity index is 2430. The van der Waals surface area contributed by atoms with E-state index < -0.39 is 82.4 Å². The summed E-state index contributed by atoms with van der Waals surface area (Å²) in [5, 5.41) is 27.1. The lowest BCUT2D eigenvalue weighted by molar-refractivity contribution is -0.162. The highest BCUT2D eigenvalue weighted by atomic mass is 79.9. The average Bonchev–Trinajstić information content (AvgIpc) is 4.14. The molecule has 0 amide bonds. The van der Waals surface area contributed by atoms with E-state index >= 15 is 0 Å². The van der Waals surface area contributed by atoms with Gasteiger partial charge in [0.1, 0.15) is 16.5 Å². The van der Waals surface area contributed by atoms with Gasteiger partial charge in [-0.3, -0.25) is 28.9 Å². The zero-order valence-corrected chi connectivity index (χ0v) is 50.0. The molecule has 76 heavy (non-hydrogen) atoms. The number of ether oxygens (including phenoxy) is 6. The van der Waals surface area contributed by atoms with Crippen molar-refractivity contribution in [1.29, 1.82) is 0 Å². The minimum atomic E-state index is -1.02. The number of hydrogen-bond acceptors (Lipinski definition) is 20. The molecule has 0 saturated carbocycles. The molecule has 4 aromatic rings. The Balaban J connectivity index is 0.00000290. The molecule has 3 aromatic heterocycles. The number of carbonyl (C=O) groups is 7. The smallest absolute Gasteiger partial charge is 0.331 e. The summed E-state index contributed by atoms with van der Waals surface area (Å²) in [6, 6.07) is 7.08. The van der Waals surface area contributed by atoms with Gasteiger partial charge < -0.3 is 28.4 Å². The maximum atomic E-state index is 13.6. The summed E-state index contributed by atoms with van der Waals surface area (Å²) in [5.74, 6) is -4.39. The van der Waals surface area contributed by atoms with E-state index in [4.69, 9.17) is 28.4 Å². The summed E-state index contributed by atoms with van der Waals surface area (Å²) in [6.07, 6.45) is 5.68. The lowest BCUT2D eigenvalue weighted by Gasteiger charge is -2.28. The molecular weight excluding hydrogens is 1190 g/mol. The van der Waals surface area contributed by atoms with Crippen molar-refractivity contribution in [3.05, 3.63) is 71.6 Å². The van der Waals surface area contributed by atoms with E-state index in [0.29, 0.717) is 28.8 Å². The zero-order valence-electron chi connectivity index (χ0n) is 45.2. The largest absolute Gasteiger partial charge is 0.469 e. The molecule has 0 spiro atoms. The number of carbonyl (C=O) groups excluding carboxylic acids is 7. The molecule has 0 aliphatic rings. The van der Waals surface area contributed by atoms with Crippen LogP contribution in [0.5, 0.6) is 0 Å². The van der Waals surface area contributed by atoms with Gasteiger partial charge in [-0.15, -0.1) is 15.3 Å². The molecule has 5 unspecified atom stereocenters. The molecule has 4 rings (SSSR count). The Morgan fingerprint density at radius 2 is 1.01 bits per heavy atom. The molecular formula is C50H71Br3N10O13. The topological polar surface area (TPSA) is 270 Å². The first kappa shape index (κ1) is 64.8. The third-order valence-electron chi connectivity index (χ3n) is 10.9. The number of nitrogens with zero attached hydrogens (tertiary/aromatic N) is 10. The number of esters is 6. The monoisotopic (exact) mass is 1260 g/mol. The maximum Gasteiger partial charge on any atom is 0.331 e. The third-order valence-corrected chi connectivity index (χ3v) is 12.9. The number of methoxy groups -OCH3 is 2. The number of rotatable bonds is 27. The van der Waals surface area contributed by atoms with E-state index in [1.54, 1.807) is 92.5 Å². The van der Waals surface area contributed by atoms with E-state index in [0.717, 1.165) is 5.56 Å². The SMILES string of the molecule is COC(=O)C(C)CC(C(=O)OC(C)(C)C)n1cc(CN(Cc2cn(C(CC(C)C(=O)OC)C(=O)OC(C)(C)C)nn2)Cc2cn(C(CC(C)(C)C(=O)OCCCOC(=O)CBr)c3ccccc3)nn2)nn1.O=C(Br)CBr. The van der Waals surface area contributed by atoms with Crippen molar-refractivity contribution in [2.24, 2.45) is 17.3 Å². The van der Waals surface area contributed by atoms with Crippen LogP contribution in [0.3, 0.4) is 0 Å². The first-order valence-corrected chi connectivity index (χ1v) is 27.4.